The van der Waals surface area contributed by atoms with E-state index in [9.17, 15) is 9.59 Å². The number of carbonyl (C=O) groups is 2. The van der Waals surface area contributed by atoms with Crippen LogP contribution in [0.2, 0.25) is 0 Å². The first kappa shape index (κ1) is 19.5. The number of hydrogen-bond donors (Lipinski definition) is 1. The number of ether oxygens (including phenoxy) is 1. The lowest BCUT2D eigenvalue weighted by atomic mass is 9.49. The van der Waals surface area contributed by atoms with Crippen molar-refractivity contribution in [2.24, 2.45) is 23.2 Å². The van der Waals surface area contributed by atoms with Crippen molar-refractivity contribution in [1.29, 1.82) is 0 Å². The number of esters is 1. The summed E-state index contributed by atoms with van der Waals surface area (Å²) < 4.78 is 5.36. The van der Waals surface area contributed by atoms with Gasteiger partial charge in [0.05, 0.1) is 6.42 Å². The van der Waals surface area contributed by atoms with E-state index in [1.54, 1.807) is 0 Å². The van der Waals surface area contributed by atoms with Gasteiger partial charge in [-0.25, -0.2) is 0 Å². The molecule has 1 atom stereocenters. The van der Waals surface area contributed by atoms with Crippen molar-refractivity contribution in [3.8, 4) is 0 Å². The molecule has 4 saturated carbocycles. The van der Waals surface area contributed by atoms with Gasteiger partial charge in [0.1, 0.15) is 0 Å². The molecule has 1 amide bonds. The monoisotopic (exact) mass is 383 g/mol. The van der Waals surface area contributed by atoms with Gasteiger partial charge in [-0.3, -0.25) is 9.59 Å². The van der Waals surface area contributed by atoms with E-state index in [2.05, 4.69) is 17.4 Å². The number of nitrogens with one attached hydrogen (secondary N) is 1. The average molecular weight is 384 g/mol. The lowest BCUT2D eigenvalue weighted by molar-refractivity contribution is -0.155. The maximum absolute atomic E-state index is 12.4. The number of rotatable bonds is 8. The van der Waals surface area contributed by atoms with E-state index in [4.69, 9.17) is 4.74 Å². The zero-order valence-electron chi connectivity index (χ0n) is 17.0. The van der Waals surface area contributed by atoms with E-state index < -0.39 is 0 Å². The molecule has 0 heterocycles. The van der Waals surface area contributed by atoms with Crippen molar-refractivity contribution >= 4 is 11.9 Å². The van der Waals surface area contributed by atoms with Crippen LogP contribution in [0.4, 0.5) is 0 Å². The second kappa shape index (κ2) is 8.26. The third-order valence-corrected chi connectivity index (χ3v) is 7.16. The molecule has 0 aromatic heterocycles. The van der Waals surface area contributed by atoms with Crippen LogP contribution < -0.4 is 5.32 Å². The molecule has 4 heteroatoms. The fourth-order valence-electron chi connectivity index (χ4n) is 6.43. The number of carbonyl (C=O) groups excluding carboxylic acids is 2. The summed E-state index contributed by atoms with van der Waals surface area (Å²) in [6.07, 6.45) is 10.00. The highest BCUT2D eigenvalue weighted by Gasteiger charge is 2.51. The molecular formula is C24H33NO3. The normalized spacial score (nSPS) is 31.4. The summed E-state index contributed by atoms with van der Waals surface area (Å²) in [7, 11) is 0. The van der Waals surface area contributed by atoms with Crippen molar-refractivity contribution < 1.29 is 14.3 Å². The molecule has 4 bridgehead atoms. The molecule has 0 radical (unpaired) electrons. The Morgan fingerprint density at radius 2 is 1.68 bits per heavy atom. The summed E-state index contributed by atoms with van der Waals surface area (Å²) in [5.74, 6) is 2.10. The summed E-state index contributed by atoms with van der Waals surface area (Å²) in [5, 5.41) is 2.95. The van der Waals surface area contributed by atoms with Gasteiger partial charge in [0.15, 0.2) is 6.61 Å². The highest BCUT2D eigenvalue weighted by atomic mass is 16.5. The molecule has 1 aromatic carbocycles. The predicted molar refractivity (Wildman–Crippen MR) is 109 cm³/mol. The quantitative estimate of drug-likeness (QED) is 0.682. The highest BCUT2D eigenvalue weighted by Crippen LogP contribution is 2.61. The van der Waals surface area contributed by atoms with Crippen LogP contribution in [-0.2, 0) is 20.7 Å². The Balaban J connectivity index is 1.17. The smallest absolute Gasteiger partial charge is 0.306 e. The van der Waals surface area contributed by atoms with Crippen molar-refractivity contribution in [2.45, 2.75) is 70.8 Å². The van der Waals surface area contributed by atoms with Crippen LogP contribution in [-0.4, -0.2) is 24.5 Å². The Hall–Kier alpha value is -1.84. The molecule has 0 aliphatic heterocycles. The first-order valence-corrected chi connectivity index (χ1v) is 11.0. The largest absolute Gasteiger partial charge is 0.456 e. The Labute approximate surface area is 168 Å². The summed E-state index contributed by atoms with van der Waals surface area (Å²) >= 11 is 0. The van der Waals surface area contributed by atoms with E-state index in [1.807, 2.05) is 25.1 Å². The van der Waals surface area contributed by atoms with Crippen molar-refractivity contribution in [3.63, 3.8) is 0 Å². The highest BCUT2D eigenvalue weighted by molar-refractivity contribution is 5.80. The summed E-state index contributed by atoms with van der Waals surface area (Å²) in [5.41, 5.74) is 1.44. The zero-order chi connectivity index (χ0) is 19.6. The Kier molecular flexibility index (Phi) is 5.75. The average Bonchev–Trinajstić information content (AvgIpc) is 2.64. The number of amides is 1. The van der Waals surface area contributed by atoms with Gasteiger partial charge in [-0.15, -0.1) is 0 Å². The van der Waals surface area contributed by atoms with Gasteiger partial charge in [0, 0.05) is 6.04 Å². The SMILES string of the molecule is C[C@@H](CCc1ccccc1)NC(=O)COC(=O)CC12CC3CC(CC(C3)C1)C2. The van der Waals surface area contributed by atoms with E-state index in [1.165, 1.54) is 44.1 Å². The van der Waals surface area contributed by atoms with Gasteiger partial charge in [-0.05, 0) is 87.0 Å². The maximum atomic E-state index is 12.4. The second-order valence-electron chi connectivity index (χ2n) is 9.75. The summed E-state index contributed by atoms with van der Waals surface area (Å²) in [6, 6.07) is 10.3. The van der Waals surface area contributed by atoms with E-state index in [-0.39, 0.29) is 29.9 Å². The topological polar surface area (TPSA) is 55.4 Å². The molecule has 4 aliphatic carbocycles. The molecule has 1 N–H and O–H groups in total. The van der Waals surface area contributed by atoms with Crippen LogP contribution in [0.25, 0.3) is 0 Å². The van der Waals surface area contributed by atoms with Gasteiger partial charge in [0.25, 0.3) is 5.91 Å². The lowest BCUT2D eigenvalue weighted by Crippen LogP contribution is -2.47. The van der Waals surface area contributed by atoms with E-state index in [0.717, 1.165) is 30.6 Å². The molecule has 152 valence electrons. The third kappa shape index (κ3) is 4.76. The van der Waals surface area contributed by atoms with Gasteiger partial charge in [0.2, 0.25) is 0 Å². The van der Waals surface area contributed by atoms with Gasteiger partial charge in [-0.1, -0.05) is 30.3 Å². The molecule has 0 saturated heterocycles. The minimum Gasteiger partial charge on any atom is -0.456 e. The summed E-state index contributed by atoms with van der Waals surface area (Å²) in [6.45, 7) is 1.85. The number of aryl methyl sites for hydroxylation is 1. The number of benzene rings is 1. The van der Waals surface area contributed by atoms with Crippen LogP contribution in [0, 0.1) is 23.2 Å². The van der Waals surface area contributed by atoms with Crippen LogP contribution >= 0.6 is 0 Å². The van der Waals surface area contributed by atoms with Crippen LogP contribution in [0.3, 0.4) is 0 Å². The third-order valence-electron chi connectivity index (χ3n) is 7.16. The zero-order valence-corrected chi connectivity index (χ0v) is 17.0. The molecule has 4 fully saturated rings. The molecule has 1 aromatic rings. The van der Waals surface area contributed by atoms with E-state index >= 15 is 0 Å². The second-order valence-corrected chi connectivity index (χ2v) is 9.75. The van der Waals surface area contributed by atoms with Crippen LogP contribution in [0.1, 0.15) is 63.9 Å². The van der Waals surface area contributed by atoms with Gasteiger partial charge >= 0.3 is 5.97 Å². The fourth-order valence-corrected chi connectivity index (χ4v) is 6.43. The Morgan fingerprint density at radius 1 is 1.07 bits per heavy atom. The molecule has 0 unspecified atom stereocenters. The molecule has 0 spiro atoms. The minimum absolute atomic E-state index is 0.0644. The Bertz CT molecular complexity index is 664. The predicted octanol–water partition coefficient (Wildman–Crippen LogP) is 4.27. The van der Waals surface area contributed by atoms with Crippen LogP contribution in [0.15, 0.2) is 30.3 Å². The molecule has 4 nitrogen and oxygen atoms in total. The standard InChI is InChI=1S/C24H33NO3/c1-17(7-8-18-5-3-2-4-6-18)25-22(26)16-28-23(27)15-24-12-19-9-20(13-24)11-21(10-19)14-24/h2-6,17,19-21H,7-16H2,1H3,(H,25,26)/t17-,19?,20?,21?,24?/m0/s1. The van der Waals surface area contributed by atoms with Gasteiger partial charge in [-0.2, -0.15) is 0 Å². The number of hydrogen-bond acceptors (Lipinski definition) is 3. The first-order valence-electron chi connectivity index (χ1n) is 11.0. The Morgan fingerprint density at radius 3 is 2.29 bits per heavy atom. The molecule has 28 heavy (non-hydrogen) atoms. The van der Waals surface area contributed by atoms with E-state index in [0.29, 0.717) is 6.42 Å². The fraction of sp³-hybridized carbons (Fsp3) is 0.667. The van der Waals surface area contributed by atoms with Crippen LogP contribution in [0.5, 0.6) is 0 Å². The lowest BCUT2D eigenvalue weighted by Gasteiger charge is -2.56. The summed E-state index contributed by atoms with van der Waals surface area (Å²) in [4.78, 5) is 24.6. The molecule has 4 aliphatic rings. The molecule has 5 rings (SSSR count). The van der Waals surface area contributed by atoms with Crippen molar-refractivity contribution in [1.82, 2.24) is 5.32 Å². The minimum atomic E-state index is -0.195. The van der Waals surface area contributed by atoms with Crippen molar-refractivity contribution in [2.75, 3.05) is 6.61 Å². The molecular weight excluding hydrogens is 350 g/mol. The first-order chi connectivity index (χ1) is 13.5. The van der Waals surface area contributed by atoms with Gasteiger partial charge < -0.3 is 10.1 Å². The maximum Gasteiger partial charge on any atom is 0.306 e. The van der Waals surface area contributed by atoms with Crippen molar-refractivity contribution in [3.05, 3.63) is 35.9 Å².